The Morgan fingerprint density at radius 3 is 2.81 bits per heavy atom. The molecule has 0 radical (unpaired) electrons. The summed E-state index contributed by atoms with van der Waals surface area (Å²) in [5, 5.41) is 12.0. The van der Waals surface area contributed by atoms with Crippen LogP contribution in [0.3, 0.4) is 0 Å². The first-order valence-electron chi connectivity index (χ1n) is 8.95. The van der Waals surface area contributed by atoms with Gasteiger partial charge in [0, 0.05) is 28.5 Å². The van der Waals surface area contributed by atoms with Crippen LogP contribution in [-0.4, -0.2) is 20.4 Å². The molecule has 26 heavy (non-hydrogen) atoms. The number of rotatable bonds is 1. The highest BCUT2D eigenvalue weighted by atomic mass is 16.3. The Hall–Kier alpha value is -2.79. The Morgan fingerprint density at radius 1 is 1.19 bits per heavy atom. The number of benzene rings is 1. The average molecular weight is 346 g/mol. The van der Waals surface area contributed by atoms with Gasteiger partial charge in [0.25, 0.3) is 5.56 Å². The van der Waals surface area contributed by atoms with Gasteiger partial charge in [-0.1, -0.05) is 25.1 Å². The molecule has 3 aromatic rings. The molecule has 1 aromatic carbocycles. The number of hydrogen-bond acceptors (Lipinski definition) is 4. The van der Waals surface area contributed by atoms with E-state index in [0.717, 1.165) is 22.2 Å². The summed E-state index contributed by atoms with van der Waals surface area (Å²) in [7, 11) is 0. The molecule has 5 heteroatoms. The standard InChI is InChI=1S/C21H18N2O3/c1-2-21(26)15-10-17-19-13(9-12-5-3-4-6-16(12)22-19)11-23(17)20(25)14(15)7-8-18(21)24/h3-6,9-10,26H,2,7-8,11H2,1H3. The van der Waals surface area contributed by atoms with Crippen molar-refractivity contribution in [2.75, 3.05) is 0 Å². The van der Waals surface area contributed by atoms with Crippen LogP contribution in [0.2, 0.25) is 0 Å². The highest BCUT2D eigenvalue weighted by molar-refractivity contribution is 5.91. The van der Waals surface area contributed by atoms with Gasteiger partial charge in [-0.05, 0) is 31.0 Å². The molecule has 1 aliphatic carbocycles. The maximum Gasteiger partial charge on any atom is 0.254 e. The molecule has 5 nitrogen and oxygen atoms in total. The Morgan fingerprint density at radius 2 is 2.00 bits per heavy atom. The van der Waals surface area contributed by atoms with Crippen LogP contribution in [0.15, 0.2) is 41.2 Å². The van der Waals surface area contributed by atoms with Crippen molar-refractivity contribution in [1.29, 1.82) is 0 Å². The van der Waals surface area contributed by atoms with Gasteiger partial charge < -0.3 is 9.67 Å². The van der Waals surface area contributed by atoms with Crippen molar-refractivity contribution in [3.63, 3.8) is 0 Å². The molecule has 0 saturated carbocycles. The minimum Gasteiger partial charge on any atom is -0.377 e. The molecule has 0 fully saturated rings. The molecular formula is C21H18N2O3. The number of hydrogen-bond donors (Lipinski definition) is 1. The third kappa shape index (κ3) is 1.86. The Labute approximate surface area is 149 Å². The summed E-state index contributed by atoms with van der Waals surface area (Å²) in [5.41, 5.74) is 2.67. The van der Waals surface area contributed by atoms with Crippen molar-refractivity contribution in [2.24, 2.45) is 0 Å². The van der Waals surface area contributed by atoms with E-state index in [-0.39, 0.29) is 24.2 Å². The number of Topliss-reactive ketones (excluding diaryl/α,β-unsaturated/α-hetero) is 1. The first-order valence-corrected chi connectivity index (χ1v) is 8.95. The van der Waals surface area contributed by atoms with Gasteiger partial charge in [0.1, 0.15) is 5.60 Å². The zero-order valence-electron chi connectivity index (χ0n) is 14.5. The zero-order chi connectivity index (χ0) is 18.1. The first kappa shape index (κ1) is 15.5. The van der Waals surface area contributed by atoms with E-state index < -0.39 is 5.60 Å². The van der Waals surface area contributed by atoms with Gasteiger partial charge in [-0.3, -0.25) is 9.59 Å². The van der Waals surface area contributed by atoms with Crippen LogP contribution < -0.4 is 5.56 Å². The molecule has 130 valence electrons. The van der Waals surface area contributed by atoms with E-state index in [2.05, 4.69) is 6.07 Å². The van der Waals surface area contributed by atoms with E-state index in [0.29, 0.717) is 29.8 Å². The molecule has 1 N–H and O–H groups in total. The van der Waals surface area contributed by atoms with E-state index >= 15 is 0 Å². The number of nitrogens with zero attached hydrogens (tertiary/aromatic N) is 2. The zero-order valence-corrected chi connectivity index (χ0v) is 14.5. The molecular weight excluding hydrogens is 328 g/mol. The van der Waals surface area contributed by atoms with Crippen molar-refractivity contribution >= 4 is 16.7 Å². The number of aromatic nitrogens is 2. The molecule has 1 atom stereocenters. The summed E-state index contributed by atoms with van der Waals surface area (Å²) in [4.78, 5) is 30.2. The quantitative estimate of drug-likeness (QED) is 0.575. The number of ketones is 1. The molecule has 1 unspecified atom stereocenters. The van der Waals surface area contributed by atoms with Gasteiger partial charge in [0.15, 0.2) is 5.78 Å². The third-order valence-electron chi connectivity index (χ3n) is 5.79. The van der Waals surface area contributed by atoms with Crippen LogP contribution in [0.5, 0.6) is 0 Å². The van der Waals surface area contributed by atoms with Crippen LogP contribution in [0.4, 0.5) is 0 Å². The van der Waals surface area contributed by atoms with E-state index in [4.69, 9.17) is 4.98 Å². The van der Waals surface area contributed by atoms with Crippen molar-refractivity contribution in [2.45, 2.75) is 38.3 Å². The van der Waals surface area contributed by atoms with Gasteiger partial charge in [-0.25, -0.2) is 4.98 Å². The van der Waals surface area contributed by atoms with Gasteiger partial charge in [-0.2, -0.15) is 0 Å². The summed E-state index contributed by atoms with van der Waals surface area (Å²) >= 11 is 0. The van der Waals surface area contributed by atoms with Crippen molar-refractivity contribution in [1.82, 2.24) is 9.55 Å². The average Bonchev–Trinajstić information content (AvgIpc) is 3.01. The van der Waals surface area contributed by atoms with Crippen LogP contribution in [0.25, 0.3) is 22.3 Å². The second kappa shape index (κ2) is 5.11. The van der Waals surface area contributed by atoms with Gasteiger partial charge in [0.2, 0.25) is 0 Å². The van der Waals surface area contributed by atoms with E-state index in [1.807, 2.05) is 30.3 Å². The smallest absolute Gasteiger partial charge is 0.254 e. The summed E-state index contributed by atoms with van der Waals surface area (Å²) in [5.74, 6) is -0.207. The van der Waals surface area contributed by atoms with Crippen LogP contribution in [0.1, 0.15) is 36.5 Å². The largest absolute Gasteiger partial charge is 0.377 e. The van der Waals surface area contributed by atoms with E-state index in [1.165, 1.54) is 0 Å². The lowest BCUT2D eigenvalue weighted by atomic mass is 9.77. The summed E-state index contributed by atoms with van der Waals surface area (Å²) in [6.45, 7) is 2.25. The predicted octanol–water partition coefficient (Wildman–Crippen LogP) is 2.54. The van der Waals surface area contributed by atoms with Crippen molar-refractivity contribution in [3.05, 3.63) is 63.4 Å². The fourth-order valence-electron chi connectivity index (χ4n) is 4.31. The van der Waals surface area contributed by atoms with Crippen molar-refractivity contribution in [3.8, 4) is 11.4 Å². The number of pyridine rings is 2. The Kier molecular flexibility index (Phi) is 3.04. The van der Waals surface area contributed by atoms with Gasteiger partial charge in [-0.15, -0.1) is 0 Å². The summed E-state index contributed by atoms with van der Waals surface area (Å²) in [6, 6.07) is 11.7. The normalized spacial score (nSPS) is 20.8. The van der Waals surface area contributed by atoms with E-state index in [1.54, 1.807) is 11.5 Å². The lowest BCUT2D eigenvalue weighted by molar-refractivity contribution is -0.140. The highest BCUT2D eigenvalue weighted by Gasteiger charge is 2.43. The molecule has 3 heterocycles. The van der Waals surface area contributed by atoms with Gasteiger partial charge in [0.05, 0.1) is 23.4 Å². The molecule has 0 bridgehead atoms. The number of aliphatic hydroxyl groups is 1. The third-order valence-corrected chi connectivity index (χ3v) is 5.79. The monoisotopic (exact) mass is 346 g/mol. The lowest BCUT2D eigenvalue weighted by Crippen LogP contribution is -2.43. The fraction of sp³-hybridized carbons (Fsp3) is 0.286. The molecule has 5 rings (SSSR count). The lowest BCUT2D eigenvalue weighted by Gasteiger charge is -2.32. The van der Waals surface area contributed by atoms with Crippen molar-refractivity contribution < 1.29 is 9.90 Å². The number of carbonyl (C=O) groups excluding carboxylic acids is 1. The summed E-state index contributed by atoms with van der Waals surface area (Å²) < 4.78 is 1.72. The predicted molar refractivity (Wildman–Crippen MR) is 98.1 cm³/mol. The second-order valence-electron chi connectivity index (χ2n) is 7.14. The topological polar surface area (TPSA) is 72.2 Å². The number of para-hydroxylation sites is 1. The summed E-state index contributed by atoms with van der Waals surface area (Å²) in [6.07, 6.45) is 0.863. The molecule has 0 saturated heterocycles. The Bertz CT molecular complexity index is 1160. The Balaban J connectivity index is 1.81. The molecule has 2 aliphatic rings. The van der Waals surface area contributed by atoms with Gasteiger partial charge >= 0.3 is 0 Å². The molecule has 2 aromatic heterocycles. The van der Waals surface area contributed by atoms with Crippen LogP contribution >= 0.6 is 0 Å². The second-order valence-corrected chi connectivity index (χ2v) is 7.14. The molecule has 0 spiro atoms. The first-order chi connectivity index (χ1) is 12.5. The van der Waals surface area contributed by atoms with Crippen LogP contribution in [0, 0.1) is 0 Å². The minimum atomic E-state index is -1.57. The molecule has 0 amide bonds. The molecule has 1 aliphatic heterocycles. The van der Waals surface area contributed by atoms with E-state index in [9.17, 15) is 14.7 Å². The number of carbonyl (C=O) groups is 1. The highest BCUT2D eigenvalue weighted by Crippen LogP contribution is 2.39. The maximum absolute atomic E-state index is 13.1. The maximum atomic E-state index is 13.1. The minimum absolute atomic E-state index is 0.112. The fourth-order valence-corrected chi connectivity index (χ4v) is 4.31. The van der Waals surface area contributed by atoms with Crippen LogP contribution in [-0.2, 0) is 23.4 Å². The number of fused-ring (bicyclic) bond motifs is 5. The SMILES string of the molecule is CCC1(O)C(=O)CCc2c1cc1n(c2=O)Cc2cc3ccccc3nc2-1.